The lowest BCUT2D eigenvalue weighted by molar-refractivity contribution is 0.0637. The number of nitrogens with zero attached hydrogens (tertiary/aromatic N) is 2. The first-order valence-electron chi connectivity index (χ1n) is 6.99. The lowest BCUT2D eigenvalue weighted by Gasteiger charge is -2.36. The molecule has 1 saturated carbocycles. The summed E-state index contributed by atoms with van der Waals surface area (Å²) in [6.07, 6.45) is 4.99. The molecule has 1 aliphatic rings. The van der Waals surface area contributed by atoms with Crippen molar-refractivity contribution in [2.75, 3.05) is 19.1 Å². The van der Waals surface area contributed by atoms with Gasteiger partial charge in [0.15, 0.2) is 5.84 Å². The van der Waals surface area contributed by atoms with Gasteiger partial charge in [0.1, 0.15) is 0 Å². The van der Waals surface area contributed by atoms with E-state index in [1.807, 2.05) is 24.3 Å². The number of nitrogens with two attached hydrogens (primary N) is 1. The van der Waals surface area contributed by atoms with E-state index in [1.165, 1.54) is 12.8 Å². The number of hydrogen-bond donors (Lipinski definition) is 2. The van der Waals surface area contributed by atoms with E-state index in [4.69, 9.17) is 15.7 Å². The largest absolute Gasteiger partial charge is 0.409 e. The number of hydrogen-bond acceptors (Lipinski definition) is 4. The molecule has 1 fully saturated rings. The summed E-state index contributed by atoms with van der Waals surface area (Å²) >= 11 is 0. The van der Waals surface area contributed by atoms with Crippen molar-refractivity contribution < 1.29 is 9.94 Å². The van der Waals surface area contributed by atoms with Gasteiger partial charge in [0.05, 0.1) is 6.10 Å². The smallest absolute Gasteiger partial charge is 0.170 e. The zero-order chi connectivity index (χ0) is 14.5. The summed E-state index contributed by atoms with van der Waals surface area (Å²) in [4.78, 5) is 2.29. The number of oxime groups is 1. The molecular weight excluding hydrogens is 254 g/mol. The second-order valence-electron chi connectivity index (χ2n) is 5.32. The van der Waals surface area contributed by atoms with Gasteiger partial charge in [0.25, 0.3) is 0 Å². The standard InChI is InChI=1S/C15H23N3O2/c1-18(13-4-3-5-14(10-13)20-2)12-8-6-11(7-9-12)15(16)17-19/h6-9,13-14,19H,3-5,10H2,1-2H3,(H2,16,17). The fourth-order valence-electron chi connectivity index (χ4n) is 2.82. The molecule has 0 saturated heterocycles. The number of methoxy groups -OCH3 is 1. The van der Waals surface area contributed by atoms with Gasteiger partial charge in [-0.2, -0.15) is 0 Å². The highest BCUT2D eigenvalue weighted by molar-refractivity contribution is 5.97. The van der Waals surface area contributed by atoms with E-state index in [-0.39, 0.29) is 5.84 Å². The lowest BCUT2D eigenvalue weighted by Crippen LogP contribution is -2.38. The minimum Gasteiger partial charge on any atom is -0.409 e. The van der Waals surface area contributed by atoms with Crippen LogP contribution in [0.5, 0.6) is 0 Å². The van der Waals surface area contributed by atoms with Crippen molar-refractivity contribution in [2.45, 2.75) is 37.8 Å². The highest BCUT2D eigenvalue weighted by Crippen LogP contribution is 2.27. The van der Waals surface area contributed by atoms with Crippen molar-refractivity contribution >= 4 is 11.5 Å². The highest BCUT2D eigenvalue weighted by atomic mass is 16.5. The Kier molecular flexibility index (Phi) is 4.84. The minimum absolute atomic E-state index is 0.135. The summed E-state index contributed by atoms with van der Waals surface area (Å²) in [6, 6.07) is 8.26. The fraction of sp³-hybridized carbons (Fsp3) is 0.533. The van der Waals surface area contributed by atoms with Gasteiger partial charge < -0.3 is 20.6 Å². The molecule has 3 N–H and O–H groups in total. The molecule has 2 rings (SSSR count). The molecule has 2 unspecified atom stereocenters. The Morgan fingerprint density at radius 1 is 1.35 bits per heavy atom. The van der Waals surface area contributed by atoms with E-state index >= 15 is 0 Å². The Morgan fingerprint density at radius 3 is 2.65 bits per heavy atom. The number of rotatable bonds is 4. The van der Waals surface area contributed by atoms with Gasteiger partial charge in [-0.3, -0.25) is 0 Å². The molecule has 0 radical (unpaired) electrons. The quantitative estimate of drug-likeness (QED) is 0.383. The van der Waals surface area contributed by atoms with Crippen LogP contribution in [-0.4, -0.2) is 37.3 Å². The Hall–Kier alpha value is -1.75. The maximum Gasteiger partial charge on any atom is 0.170 e. The monoisotopic (exact) mass is 277 g/mol. The normalized spacial score (nSPS) is 23.6. The summed E-state index contributed by atoms with van der Waals surface area (Å²) in [5.41, 5.74) is 7.43. The molecule has 2 atom stereocenters. The van der Waals surface area contributed by atoms with Crippen molar-refractivity contribution in [2.24, 2.45) is 10.9 Å². The average molecular weight is 277 g/mol. The molecule has 1 aromatic carbocycles. The van der Waals surface area contributed by atoms with E-state index in [9.17, 15) is 0 Å². The summed E-state index contributed by atoms with van der Waals surface area (Å²) in [6.45, 7) is 0. The molecule has 0 bridgehead atoms. The third-order valence-corrected chi connectivity index (χ3v) is 4.16. The summed E-state index contributed by atoms with van der Waals surface area (Å²) in [5.74, 6) is 0.135. The number of ether oxygens (including phenoxy) is 1. The molecule has 5 nitrogen and oxygen atoms in total. The summed E-state index contributed by atoms with van der Waals surface area (Å²) in [5, 5.41) is 11.7. The minimum atomic E-state index is 0.135. The zero-order valence-corrected chi connectivity index (χ0v) is 12.1. The van der Waals surface area contributed by atoms with E-state index in [2.05, 4.69) is 17.1 Å². The number of benzene rings is 1. The lowest BCUT2D eigenvalue weighted by atomic mass is 9.91. The molecule has 0 aliphatic heterocycles. The molecule has 1 aliphatic carbocycles. The molecular formula is C15H23N3O2. The van der Waals surface area contributed by atoms with Gasteiger partial charge in [-0.25, -0.2) is 0 Å². The van der Waals surface area contributed by atoms with E-state index in [0.717, 1.165) is 24.1 Å². The Labute approximate surface area is 120 Å². The third kappa shape index (κ3) is 3.22. The second-order valence-corrected chi connectivity index (χ2v) is 5.32. The van der Waals surface area contributed by atoms with Crippen LogP contribution in [0.25, 0.3) is 0 Å². The van der Waals surface area contributed by atoms with Crippen LogP contribution in [0.2, 0.25) is 0 Å². The van der Waals surface area contributed by atoms with E-state index in [0.29, 0.717) is 12.1 Å². The van der Waals surface area contributed by atoms with Crippen LogP contribution in [0, 0.1) is 0 Å². The van der Waals surface area contributed by atoms with Gasteiger partial charge in [-0.1, -0.05) is 5.16 Å². The first-order chi connectivity index (χ1) is 9.65. The second kappa shape index (κ2) is 6.61. The SMILES string of the molecule is COC1CCCC(N(C)c2ccc(C(N)=NO)cc2)C1. The van der Waals surface area contributed by atoms with Crippen LogP contribution < -0.4 is 10.6 Å². The zero-order valence-electron chi connectivity index (χ0n) is 12.1. The van der Waals surface area contributed by atoms with Crippen LogP contribution in [-0.2, 0) is 4.74 Å². The molecule has 0 spiro atoms. The van der Waals surface area contributed by atoms with E-state index in [1.54, 1.807) is 7.11 Å². The van der Waals surface area contributed by atoms with Gasteiger partial charge in [0.2, 0.25) is 0 Å². The molecule has 0 aromatic heterocycles. The van der Waals surface area contributed by atoms with Crippen molar-refractivity contribution in [1.82, 2.24) is 0 Å². The van der Waals surface area contributed by atoms with Gasteiger partial charge >= 0.3 is 0 Å². The van der Waals surface area contributed by atoms with Crippen LogP contribution in [0.4, 0.5) is 5.69 Å². The van der Waals surface area contributed by atoms with Crippen molar-refractivity contribution in [3.63, 3.8) is 0 Å². The third-order valence-electron chi connectivity index (χ3n) is 4.16. The number of anilines is 1. The number of amidine groups is 1. The Morgan fingerprint density at radius 2 is 2.05 bits per heavy atom. The molecule has 0 heterocycles. The van der Waals surface area contributed by atoms with Crippen molar-refractivity contribution in [3.05, 3.63) is 29.8 Å². The molecule has 0 amide bonds. The van der Waals surface area contributed by atoms with Crippen LogP contribution in [0.1, 0.15) is 31.2 Å². The van der Waals surface area contributed by atoms with Gasteiger partial charge in [-0.15, -0.1) is 0 Å². The first kappa shape index (κ1) is 14.7. The van der Waals surface area contributed by atoms with Gasteiger partial charge in [-0.05, 0) is 49.9 Å². The average Bonchev–Trinajstić information content (AvgIpc) is 2.53. The molecule has 20 heavy (non-hydrogen) atoms. The van der Waals surface area contributed by atoms with Crippen molar-refractivity contribution in [1.29, 1.82) is 0 Å². The molecule has 5 heteroatoms. The topological polar surface area (TPSA) is 71.1 Å². The maximum absolute atomic E-state index is 8.67. The summed E-state index contributed by atoms with van der Waals surface area (Å²) < 4.78 is 5.49. The van der Waals surface area contributed by atoms with Gasteiger partial charge in [0, 0.05) is 31.5 Å². The molecule has 1 aromatic rings. The van der Waals surface area contributed by atoms with Crippen molar-refractivity contribution in [3.8, 4) is 0 Å². The Balaban J connectivity index is 2.07. The molecule has 110 valence electrons. The van der Waals surface area contributed by atoms with Crippen LogP contribution in [0.15, 0.2) is 29.4 Å². The summed E-state index contributed by atoms with van der Waals surface area (Å²) in [7, 11) is 3.90. The predicted octanol–water partition coefficient (Wildman–Crippen LogP) is 2.17. The van der Waals surface area contributed by atoms with Crippen LogP contribution in [0.3, 0.4) is 0 Å². The van der Waals surface area contributed by atoms with Crippen LogP contribution >= 0.6 is 0 Å². The predicted molar refractivity (Wildman–Crippen MR) is 80.4 cm³/mol. The maximum atomic E-state index is 8.67. The fourth-order valence-corrected chi connectivity index (χ4v) is 2.82. The van der Waals surface area contributed by atoms with E-state index < -0.39 is 0 Å². The Bertz CT molecular complexity index is 459. The first-order valence-corrected chi connectivity index (χ1v) is 6.99. The highest BCUT2D eigenvalue weighted by Gasteiger charge is 2.24.